The molecule has 0 aliphatic carbocycles. The summed E-state index contributed by atoms with van der Waals surface area (Å²) in [4.78, 5) is 0. The standard InChI is InChI=1S/C5H10NO2S.Li/c1-9(7,8)6-4-2-3-5-6;/h1-5H2;/q-1;+1. The van der Waals surface area contributed by atoms with Crippen LogP contribution in [0.1, 0.15) is 12.8 Å². The third kappa shape index (κ3) is 2.63. The Morgan fingerprint density at radius 1 is 1.20 bits per heavy atom. The minimum atomic E-state index is -3.12. The Labute approximate surface area is 74.0 Å². The van der Waals surface area contributed by atoms with Gasteiger partial charge in [0, 0.05) is 13.1 Å². The molecule has 0 amide bonds. The van der Waals surface area contributed by atoms with E-state index in [4.69, 9.17) is 0 Å². The van der Waals surface area contributed by atoms with Crippen molar-refractivity contribution in [2.24, 2.45) is 0 Å². The zero-order chi connectivity index (χ0) is 6.91. The third-order valence-electron chi connectivity index (χ3n) is 1.46. The quantitative estimate of drug-likeness (QED) is 0.303. The minimum absolute atomic E-state index is 0. The molecule has 0 atom stereocenters. The van der Waals surface area contributed by atoms with E-state index in [1.165, 1.54) is 4.31 Å². The second-order valence-corrected chi connectivity index (χ2v) is 3.90. The van der Waals surface area contributed by atoms with E-state index in [2.05, 4.69) is 6.26 Å². The molecule has 0 radical (unpaired) electrons. The van der Waals surface area contributed by atoms with Gasteiger partial charge in [-0.1, -0.05) is 0 Å². The Morgan fingerprint density at radius 2 is 1.60 bits per heavy atom. The summed E-state index contributed by atoms with van der Waals surface area (Å²) in [6.07, 6.45) is 5.01. The van der Waals surface area contributed by atoms with Gasteiger partial charge < -0.3 is 0 Å². The summed E-state index contributed by atoms with van der Waals surface area (Å²) in [5.41, 5.74) is 0. The third-order valence-corrected chi connectivity index (χ3v) is 2.61. The first-order valence-corrected chi connectivity index (χ1v) is 4.55. The fraction of sp³-hybridized carbons (Fsp3) is 0.800. The van der Waals surface area contributed by atoms with Crippen LogP contribution in [-0.2, 0) is 10.0 Å². The van der Waals surface area contributed by atoms with Crippen molar-refractivity contribution in [1.29, 1.82) is 0 Å². The van der Waals surface area contributed by atoms with Crippen molar-refractivity contribution in [3.05, 3.63) is 6.26 Å². The first-order valence-electron chi connectivity index (χ1n) is 2.94. The topological polar surface area (TPSA) is 37.4 Å². The summed E-state index contributed by atoms with van der Waals surface area (Å²) >= 11 is 0. The van der Waals surface area contributed by atoms with Crippen LogP contribution in [0.4, 0.5) is 0 Å². The smallest absolute Gasteiger partial charge is 0.247 e. The van der Waals surface area contributed by atoms with Crippen LogP contribution in [0.3, 0.4) is 0 Å². The number of rotatable bonds is 1. The molecule has 0 aromatic carbocycles. The molecule has 0 unspecified atom stereocenters. The first-order chi connectivity index (χ1) is 4.11. The van der Waals surface area contributed by atoms with E-state index in [9.17, 15) is 8.42 Å². The average Bonchev–Trinajstić information content (AvgIpc) is 2.08. The molecule has 1 rings (SSSR count). The molecule has 0 aromatic rings. The Kier molecular flexibility index (Phi) is 3.96. The molecular formula is C5H10LiNO2S. The molecule has 1 fully saturated rings. The van der Waals surface area contributed by atoms with Gasteiger partial charge in [-0.05, 0) is 12.8 Å². The summed E-state index contributed by atoms with van der Waals surface area (Å²) in [6.45, 7) is 1.32. The van der Waals surface area contributed by atoms with Crippen LogP contribution in [0.2, 0.25) is 0 Å². The second kappa shape index (κ2) is 3.77. The molecule has 1 heterocycles. The molecule has 0 spiro atoms. The SMILES string of the molecule is [CH2-]S(=O)(=O)N1CCCC1.[Li+]. The van der Waals surface area contributed by atoms with E-state index in [1.54, 1.807) is 0 Å². The molecule has 5 heteroatoms. The Bertz CT molecular complexity index is 184. The van der Waals surface area contributed by atoms with Crippen molar-refractivity contribution in [3.8, 4) is 0 Å². The van der Waals surface area contributed by atoms with Gasteiger partial charge in [-0.3, -0.25) is 0 Å². The number of hydrogen-bond donors (Lipinski definition) is 0. The van der Waals surface area contributed by atoms with Crippen molar-refractivity contribution in [1.82, 2.24) is 4.31 Å². The summed E-state index contributed by atoms with van der Waals surface area (Å²) in [7, 11) is -3.12. The van der Waals surface area contributed by atoms with Gasteiger partial charge in [0.05, 0.1) is 10.0 Å². The Hall–Kier alpha value is 0.507. The van der Waals surface area contributed by atoms with E-state index < -0.39 is 10.0 Å². The maximum absolute atomic E-state index is 10.6. The molecule has 1 saturated heterocycles. The van der Waals surface area contributed by atoms with Gasteiger partial charge in [0.2, 0.25) is 0 Å². The number of sulfonamides is 1. The zero-order valence-electron chi connectivity index (χ0n) is 6.21. The largest absolute Gasteiger partial charge is 1.00 e. The fourth-order valence-corrected chi connectivity index (χ4v) is 1.78. The minimum Gasteiger partial charge on any atom is -0.247 e. The predicted molar refractivity (Wildman–Crippen MR) is 35.1 cm³/mol. The monoisotopic (exact) mass is 155 g/mol. The van der Waals surface area contributed by atoms with Crippen LogP contribution in [0, 0.1) is 6.26 Å². The van der Waals surface area contributed by atoms with E-state index in [1.807, 2.05) is 0 Å². The van der Waals surface area contributed by atoms with E-state index in [0.717, 1.165) is 12.8 Å². The van der Waals surface area contributed by atoms with E-state index >= 15 is 0 Å². The summed E-state index contributed by atoms with van der Waals surface area (Å²) < 4.78 is 22.7. The summed E-state index contributed by atoms with van der Waals surface area (Å²) in [5.74, 6) is 0. The van der Waals surface area contributed by atoms with E-state index in [-0.39, 0.29) is 18.9 Å². The van der Waals surface area contributed by atoms with Crippen LogP contribution < -0.4 is 18.9 Å². The predicted octanol–water partition coefficient (Wildman–Crippen LogP) is -2.79. The van der Waals surface area contributed by atoms with Crippen LogP contribution in [0.25, 0.3) is 0 Å². The Balaban J connectivity index is 0.000000810. The molecule has 0 N–H and O–H groups in total. The summed E-state index contributed by atoms with van der Waals surface area (Å²) in [6, 6.07) is 0. The number of nitrogens with zero attached hydrogens (tertiary/aromatic N) is 1. The van der Waals surface area contributed by atoms with Crippen molar-refractivity contribution in [3.63, 3.8) is 0 Å². The van der Waals surface area contributed by atoms with Gasteiger partial charge in [-0.2, -0.15) is 0 Å². The van der Waals surface area contributed by atoms with Crippen molar-refractivity contribution in [2.75, 3.05) is 13.1 Å². The molecule has 3 nitrogen and oxygen atoms in total. The number of hydrogen-bond acceptors (Lipinski definition) is 2. The van der Waals surface area contributed by atoms with Crippen LogP contribution in [0.5, 0.6) is 0 Å². The molecular weight excluding hydrogens is 145 g/mol. The molecule has 10 heavy (non-hydrogen) atoms. The van der Waals surface area contributed by atoms with Crippen LogP contribution in [0.15, 0.2) is 0 Å². The molecule has 0 bridgehead atoms. The van der Waals surface area contributed by atoms with Crippen molar-refractivity contribution >= 4 is 10.0 Å². The molecule has 1 aliphatic heterocycles. The van der Waals surface area contributed by atoms with Gasteiger partial charge in [0.25, 0.3) is 0 Å². The molecule has 54 valence electrons. The first kappa shape index (κ1) is 10.5. The Morgan fingerprint density at radius 3 is 1.80 bits per heavy atom. The zero-order valence-corrected chi connectivity index (χ0v) is 7.02. The molecule has 0 aromatic heterocycles. The van der Waals surface area contributed by atoms with Gasteiger partial charge in [-0.15, -0.1) is 0 Å². The van der Waals surface area contributed by atoms with Gasteiger partial charge in [-0.25, -0.2) is 19.0 Å². The van der Waals surface area contributed by atoms with E-state index in [0.29, 0.717) is 13.1 Å². The van der Waals surface area contributed by atoms with Gasteiger partial charge in [0.1, 0.15) is 0 Å². The molecule has 1 aliphatic rings. The fourth-order valence-electron chi connectivity index (χ4n) is 0.966. The van der Waals surface area contributed by atoms with Crippen LogP contribution in [-0.4, -0.2) is 25.8 Å². The maximum Gasteiger partial charge on any atom is 1.00 e. The maximum atomic E-state index is 10.6. The van der Waals surface area contributed by atoms with Crippen molar-refractivity contribution in [2.45, 2.75) is 12.8 Å². The second-order valence-electron chi connectivity index (χ2n) is 2.22. The molecule has 0 saturated carbocycles. The van der Waals surface area contributed by atoms with Crippen molar-refractivity contribution < 1.29 is 27.3 Å². The van der Waals surface area contributed by atoms with Gasteiger partial charge >= 0.3 is 18.9 Å². The summed E-state index contributed by atoms with van der Waals surface area (Å²) in [5, 5.41) is 0. The van der Waals surface area contributed by atoms with Gasteiger partial charge in [0.15, 0.2) is 0 Å². The normalized spacial score (nSPS) is 20.5. The van der Waals surface area contributed by atoms with Crippen LogP contribution >= 0.6 is 0 Å². The average molecular weight is 155 g/mol.